The van der Waals surface area contributed by atoms with Crippen LogP contribution in [-0.4, -0.2) is 34.1 Å². The van der Waals surface area contributed by atoms with Gasteiger partial charge in [-0.3, -0.25) is 0 Å². The van der Waals surface area contributed by atoms with E-state index in [0.717, 1.165) is 49.9 Å². The third-order valence-corrected chi connectivity index (χ3v) is 9.47. The Balaban J connectivity index is 1.67. The van der Waals surface area contributed by atoms with Crippen LogP contribution in [0.25, 0.3) is 0 Å². The molecule has 3 rings (SSSR count). The van der Waals surface area contributed by atoms with Crippen molar-refractivity contribution in [2.75, 3.05) is 6.61 Å². The van der Waals surface area contributed by atoms with Gasteiger partial charge in [0, 0.05) is 6.61 Å². The number of aliphatic hydroxyl groups is 3. The van der Waals surface area contributed by atoms with Gasteiger partial charge in [-0.05, 0) is 98.7 Å². The second-order valence-electron chi connectivity index (χ2n) is 11.6. The lowest BCUT2D eigenvalue weighted by molar-refractivity contribution is -0.0678. The van der Waals surface area contributed by atoms with Crippen molar-refractivity contribution < 1.29 is 15.3 Å². The Morgan fingerprint density at radius 1 is 1.10 bits per heavy atom. The second-order valence-corrected chi connectivity index (χ2v) is 11.6. The molecule has 3 aliphatic rings. The summed E-state index contributed by atoms with van der Waals surface area (Å²) >= 11 is 0. The van der Waals surface area contributed by atoms with Crippen molar-refractivity contribution in [1.82, 2.24) is 0 Å². The highest BCUT2D eigenvalue weighted by atomic mass is 16.3. The van der Waals surface area contributed by atoms with E-state index in [4.69, 9.17) is 0 Å². The molecule has 0 aromatic heterocycles. The molecule has 2 saturated carbocycles. The minimum atomic E-state index is -0.377. The molecular weight excluding hydrogens is 372 g/mol. The average Bonchev–Trinajstić information content (AvgIpc) is 2.78. The monoisotopic (exact) mass is 420 g/mol. The Bertz CT molecular complexity index is 572. The summed E-state index contributed by atoms with van der Waals surface area (Å²) in [6.07, 6.45) is 14.2. The van der Waals surface area contributed by atoms with Gasteiger partial charge in [-0.1, -0.05) is 52.2 Å². The molecule has 0 heterocycles. The molecule has 0 spiro atoms. The van der Waals surface area contributed by atoms with Gasteiger partial charge in [-0.15, -0.1) is 0 Å². The summed E-state index contributed by atoms with van der Waals surface area (Å²) < 4.78 is 0. The van der Waals surface area contributed by atoms with E-state index in [1.807, 2.05) is 0 Å². The summed E-state index contributed by atoms with van der Waals surface area (Å²) in [6, 6.07) is 0. The molecular formula is C27H48O3. The summed E-state index contributed by atoms with van der Waals surface area (Å²) in [7, 11) is 0. The first-order valence-electron chi connectivity index (χ1n) is 12.9. The number of rotatable bonds is 6. The summed E-state index contributed by atoms with van der Waals surface area (Å²) in [4.78, 5) is 0. The van der Waals surface area contributed by atoms with Crippen LogP contribution < -0.4 is 0 Å². The number of hydrogen-bond acceptors (Lipinski definition) is 3. The molecule has 0 aliphatic heterocycles. The first-order valence-corrected chi connectivity index (χ1v) is 12.9. The zero-order valence-corrected chi connectivity index (χ0v) is 20.0. The number of fused-ring (bicyclic) bond motifs is 3. The quantitative estimate of drug-likeness (QED) is 0.481. The Hall–Kier alpha value is -0.380. The molecule has 30 heavy (non-hydrogen) atoms. The van der Waals surface area contributed by atoms with Crippen LogP contribution in [0, 0.1) is 40.9 Å². The van der Waals surface area contributed by atoms with E-state index in [0.29, 0.717) is 18.4 Å². The molecule has 0 radical (unpaired) electrons. The van der Waals surface area contributed by atoms with Gasteiger partial charge in [0.15, 0.2) is 0 Å². The van der Waals surface area contributed by atoms with Crippen LogP contribution >= 0.6 is 0 Å². The van der Waals surface area contributed by atoms with Gasteiger partial charge in [0.05, 0.1) is 12.2 Å². The van der Waals surface area contributed by atoms with Gasteiger partial charge >= 0.3 is 0 Å². The van der Waals surface area contributed by atoms with Crippen molar-refractivity contribution in [3.63, 3.8) is 0 Å². The second kappa shape index (κ2) is 10.5. The van der Waals surface area contributed by atoms with E-state index in [1.54, 1.807) is 0 Å². The van der Waals surface area contributed by atoms with Crippen LogP contribution in [0.4, 0.5) is 0 Å². The Morgan fingerprint density at radius 3 is 2.60 bits per heavy atom. The van der Waals surface area contributed by atoms with E-state index in [-0.39, 0.29) is 23.5 Å². The lowest BCUT2D eigenvalue weighted by Crippen LogP contribution is -2.50. The molecule has 2 fully saturated rings. The Labute approximate surface area is 185 Å². The van der Waals surface area contributed by atoms with Crippen LogP contribution in [0.5, 0.6) is 0 Å². The third-order valence-electron chi connectivity index (χ3n) is 9.47. The van der Waals surface area contributed by atoms with E-state index in [1.165, 1.54) is 44.1 Å². The zero-order valence-electron chi connectivity index (χ0n) is 20.0. The fourth-order valence-corrected chi connectivity index (χ4v) is 7.36. The van der Waals surface area contributed by atoms with Crippen molar-refractivity contribution in [3.05, 3.63) is 11.6 Å². The number of hydrogen-bond donors (Lipinski definition) is 3. The summed E-state index contributed by atoms with van der Waals surface area (Å²) in [5.41, 5.74) is 1.67. The molecule has 0 saturated heterocycles. The van der Waals surface area contributed by atoms with E-state index in [2.05, 4.69) is 33.8 Å². The molecule has 9 atom stereocenters. The highest BCUT2D eigenvalue weighted by molar-refractivity contribution is 5.22. The standard InChI is InChI=1S/C27H48O3/c1-18(17-28)7-5-8-19(2)23-10-6-9-21-15-26(30)25-16-22(29)13-14-27(25,4)24(21)12-11-20(23)3/h15,18-20,22-26,28-30H,5-14,16-17H2,1-4H3/t18-,19+,20+,22-,23+,24-,25?,26-,27+/m0/s1. The number of allylic oxidation sites excluding steroid dienone is 1. The summed E-state index contributed by atoms with van der Waals surface area (Å²) in [5, 5.41) is 30.4. The molecule has 3 nitrogen and oxygen atoms in total. The Kier molecular flexibility index (Phi) is 8.49. The highest BCUT2D eigenvalue weighted by Crippen LogP contribution is 2.56. The summed E-state index contributed by atoms with van der Waals surface area (Å²) in [6.45, 7) is 9.81. The topological polar surface area (TPSA) is 60.7 Å². The zero-order chi connectivity index (χ0) is 21.9. The van der Waals surface area contributed by atoms with E-state index >= 15 is 0 Å². The van der Waals surface area contributed by atoms with Crippen LogP contribution in [-0.2, 0) is 0 Å². The fourth-order valence-electron chi connectivity index (χ4n) is 7.36. The van der Waals surface area contributed by atoms with Crippen LogP contribution in [0.1, 0.15) is 98.3 Å². The molecule has 174 valence electrons. The predicted octanol–water partition coefficient (Wildman–Crippen LogP) is 5.72. The molecule has 1 unspecified atom stereocenters. The minimum absolute atomic E-state index is 0.147. The highest BCUT2D eigenvalue weighted by Gasteiger charge is 2.51. The normalized spacial score (nSPS) is 42.0. The van der Waals surface area contributed by atoms with Gasteiger partial charge in [-0.2, -0.15) is 0 Å². The maximum Gasteiger partial charge on any atom is 0.0758 e. The largest absolute Gasteiger partial charge is 0.396 e. The maximum absolute atomic E-state index is 10.9. The van der Waals surface area contributed by atoms with Gasteiger partial charge in [0.2, 0.25) is 0 Å². The lowest BCUT2D eigenvalue weighted by Gasteiger charge is -2.53. The van der Waals surface area contributed by atoms with Gasteiger partial charge in [0.1, 0.15) is 0 Å². The van der Waals surface area contributed by atoms with Gasteiger partial charge < -0.3 is 15.3 Å². The average molecular weight is 421 g/mol. The molecule has 0 amide bonds. The molecule has 3 heteroatoms. The van der Waals surface area contributed by atoms with Crippen molar-refractivity contribution in [2.24, 2.45) is 40.9 Å². The van der Waals surface area contributed by atoms with Crippen molar-refractivity contribution >= 4 is 0 Å². The summed E-state index contributed by atoms with van der Waals surface area (Å²) in [5.74, 6) is 3.52. The van der Waals surface area contributed by atoms with Crippen molar-refractivity contribution in [1.29, 1.82) is 0 Å². The Morgan fingerprint density at radius 2 is 1.87 bits per heavy atom. The van der Waals surface area contributed by atoms with Crippen LogP contribution in [0.3, 0.4) is 0 Å². The third kappa shape index (κ3) is 5.33. The van der Waals surface area contributed by atoms with Crippen LogP contribution in [0.15, 0.2) is 11.6 Å². The van der Waals surface area contributed by atoms with E-state index in [9.17, 15) is 15.3 Å². The predicted molar refractivity (Wildman–Crippen MR) is 124 cm³/mol. The fraction of sp³-hybridized carbons (Fsp3) is 0.926. The molecule has 3 N–H and O–H groups in total. The van der Waals surface area contributed by atoms with Gasteiger partial charge in [0.25, 0.3) is 0 Å². The van der Waals surface area contributed by atoms with Crippen molar-refractivity contribution in [3.8, 4) is 0 Å². The van der Waals surface area contributed by atoms with Gasteiger partial charge in [-0.25, -0.2) is 0 Å². The van der Waals surface area contributed by atoms with Crippen LogP contribution in [0.2, 0.25) is 0 Å². The molecule has 0 aromatic rings. The lowest BCUT2D eigenvalue weighted by atomic mass is 9.53. The smallest absolute Gasteiger partial charge is 0.0758 e. The number of aliphatic hydroxyl groups excluding tert-OH is 3. The first kappa shape index (κ1) is 24.3. The molecule has 0 aromatic carbocycles. The van der Waals surface area contributed by atoms with E-state index < -0.39 is 0 Å². The molecule has 0 bridgehead atoms. The minimum Gasteiger partial charge on any atom is -0.396 e. The first-order chi connectivity index (χ1) is 14.3. The SMILES string of the molecule is C[C@H](CO)CCC[C@@H](C)[C@H]1CCCC2=C[C@H](O)C3C[C@@H](O)CC[C@]3(C)[C@H]2CC[C@H]1C. The maximum atomic E-state index is 10.9. The molecule has 3 aliphatic carbocycles. The van der Waals surface area contributed by atoms with Crippen molar-refractivity contribution in [2.45, 2.75) is 111 Å².